The molecule has 1 fully saturated rings. The molecule has 1 aromatic heterocycles. The number of hydrogen-bond donors (Lipinski definition) is 0. The average molecular weight is 274 g/mol. The van der Waals surface area contributed by atoms with Crippen molar-refractivity contribution in [3.05, 3.63) is 16.8 Å². The number of anilines is 1. The number of aryl methyl sites for hydroxylation is 1. The molecule has 6 nitrogen and oxygen atoms in total. The zero-order chi connectivity index (χ0) is 14.7. The van der Waals surface area contributed by atoms with E-state index in [1.165, 1.54) is 7.11 Å². The third kappa shape index (κ3) is 2.57. The molecule has 0 bridgehead atoms. The summed E-state index contributed by atoms with van der Waals surface area (Å²) in [4.78, 5) is 13.5. The number of nitriles is 1. The quantitative estimate of drug-likeness (QED) is 0.757. The predicted molar refractivity (Wildman–Crippen MR) is 73.2 cm³/mol. The summed E-state index contributed by atoms with van der Waals surface area (Å²) in [5.41, 5.74) is 2.22. The summed E-state index contributed by atoms with van der Waals surface area (Å²) in [5.74, 6) is 0.413. The van der Waals surface area contributed by atoms with Gasteiger partial charge in [0, 0.05) is 13.1 Å². The smallest absolute Gasteiger partial charge is 0.308 e. The van der Waals surface area contributed by atoms with Crippen LogP contribution in [0.25, 0.3) is 0 Å². The summed E-state index contributed by atoms with van der Waals surface area (Å²) in [7, 11) is 1.41. The van der Waals surface area contributed by atoms with Crippen molar-refractivity contribution < 1.29 is 9.53 Å². The lowest BCUT2D eigenvalue weighted by atomic mass is 9.96. The topological polar surface area (TPSA) is 79.1 Å². The molecule has 0 saturated carbocycles. The SMILES string of the molecule is COC(=O)C1CCN(c2nnc(C)c(C)c2C#N)CC1. The molecule has 0 spiro atoms. The Balaban J connectivity index is 2.18. The zero-order valence-electron chi connectivity index (χ0n) is 12.0. The first-order valence-corrected chi connectivity index (χ1v) is 6.65. The largest absolute Gasteiger partial charge is 0.469 e. The number of ether oxygens (including phenoxy) is 1. The van der Waals surface area contributed by atoms with Gasteiger partial charge in [0.05, 0.1) is 18.7 Å². The number of aromatic nitrogens is 2. The van der Waals surface area contributed by atoms with Crippen molar-refractivity contribution in [2.24, 2.45) is 5.92 Å². The molecule has 20 heavy (non-hydrogen) atoms. The molecule has 1 aliphatic heterocycles. The van der Waals surface area contributed by atoms with E-state index in [0.29, 0.717) is 37.3 Å². The van der Waals surface area contributed by atoms with E-state index in [9.17, 15) is 10.1 Å². The number of carbonyl (C=O) groups is 1. The maximum Gasteiger partial charge on any atom is 0.308 e. The Hall–Kier alpha value is -2.16. The van der Waals surface area contributed by atoms with Gasteiger partial charge in [-0.3, -0.25) is 4.79 Å². The Labute approximate surface area is 118 Å². The highest BCUT2D eigenvalue weighted by Crippen LogP contribution is 2.26. The van der Waals surface area contributed by atoms with E-state index in [-0.39, 0.29) is 11.9 Å². The summed E-state index contributed by atoms with van der Waals surface area (Å²) in [6, 6.07) is 2.21. The van der Waals surface area contributed by atoms with Crippen LogP contribution in [0.5, 0.6) is 0 Å². The third-order valence-electron chi connectivity index (χ3n) is 3.88. The van der Waals surface area contributed by atoms with Crippen molar-refractivity contribution in [3.63, 3.8) is 0 Å². The van der Waals surface area contributed by atoms with Gasteiger partial charge in [-0.15, -0.1) is 5.10 Å². The van der Waals surface area contributed by atoms with E-state index in [1.54, 1.807) is 0 Å². The van der Waals surface area contributed by atoms with Crippen LogP contribution in [0.4, 0.5) is 5.82 Å². The molecule has 0 amide bonds. The molecule has 0 aliphatic carbocycles. The summed E-state index contributed by atoms with van der Waals surface area (Å²) >= 11 is 0. The van der Waals surface area contributed by atoms with Crippen LogP contribution in [0.3, 0.4) is 0 Å². The molecule has 0 radical (unpaired) electrons. The molecule has 2 heterocycles. The second kappa shape index (κ2) is 5.87. The van der Waals surface area contributed by atoms with Gasteiger partial charge in [-0.1, -0.05) is 0 Å². The summed E-state index contributed by atoms with van der Waals surface area (Å²) < 4.78 is 4.77. The molecule has 1 aromatic rings. The molecular weight excluding hydrogens is 256 g/mol. The van der Waals surface area contributed by atoms with Gasteiger partial charge in [-0.2, -0.15) is 10.4 Å². The highest BCUT2D eigenvalue weighted by Gasteiger charge is 2.28. The van der Waals surface area contributed by atoms with Gasteiger partial charge < -0.3 is 9.64 Å². The Bertz CT molecular complexity index is 557. The molecule has 6 heteroatoms. The minimum atomic E-state index is -0.156. The van der Waals surface area contributed by atoms with Crippen molar-refractivity contribution in [1.82, 2.24) is 10.2 Å². The molecule has 1 saturated heterocycles. The maximum absolute atomic E-state index is 11.5. The first-order chi connectivity index (χ1) is 9.58. The van der Waals surface area contributed by atoms with E-state index in [2.05, 4.69) is 16.3 Å². The van der Waals surface area contributed by atoms with Gasteiger partial charge in [0.15, 0.2) is 5.82 Å². The average Bonchev–Trinajstić information content (AvgIpc) is 2.49. The van der Waals surface area contributed by atoms with E-state index < -0.39 is 0 Å². The minimum Gasteiger partial charge on any atom is -0.469 e. The fraction of sp³-hybridized carbons (Fsp3) is 0.571. The van der Waals surface area contributed by atoms with Crippen molar-refractivity contribution in [1.29, 1.82) is 5.26 Å². The molecule has 1 aliphatic rings. The normalized spacial score (nSPS) is 15.8. The van der Waals surface area contributed by atoms with Gasteiger partial charge >= 0.3 is 5.97 Å². The first kappa shape index (κ1) is 14.3. The number of piperidine rings is 1. The Morgan fingerprint density at radius 1 is 1.35 bits per heavy atom. The van der Waals surface area contributed by atoms with Crippen LogP contribution in [0.2, 0.25) is 0 Å². The van der Waals surface area contributed by atoms with Gasteiger partial charge in [-0.25, -0.2) is 0 Å². The molecular formula is C14H18N4O2. The fourth-order valence-corrected chi connectivity index (χ4v) is 2.44. The standard InChI is InChI=1S/C14H18N4O2/c1-9-10(2)16-17-13(12(9)8-15)18-6-4-11(5-7-18)14(19)20-3/h11H,4-7H2,1-3H3. The number of nitrogens with zero attached hydrogens (tertiary/aromatic N) is 4. The molecule has 0 N–H and O–H groups in total. The van der Waals surface area contributed by atoms with Gasteiger partial charge in [0.25, 0.3) is 0 Å². The van der Waals surface area contributed by atoms with Crippen LogP contribution in [-0.2, 0) is 9.53 Å². The molecule has 0 aromatic carbocycles. The second-order valence-corrected chi connectivity index (χ2v) is 5.01. The predicted octanol–water partition coefficient (Wildman–Crippen LogP) is 1.35. The highest BCUT2D eigenvalue weighted by atomic mass is 16.5. The number of methoxy groups -OCH3 is 1. The monoisotopic (exact) mass is 274 g/mol. The Kier molecular flexibility index (Phi) is 4.18. The Morgan fingerprint density at radius 3 is 2.55 bits per heavy atom. The van der Waals surface area contributed by atoms with E-state index in [4.69, 9.17) is 4.74 Å². The lowest BCUT2D eigenvalue weighted by Crippen LogP contribution is -2.37. The summed E-state index contributed by atoms with van der Waals surface area (Å²) in [6.07, 6.45) is 1.43. The number of esters is 1. The van der Waals surface area contributed by atoms with Gasteiger partial charge in [0.2, 0.25) is 0 Å². The number of hydrogen-bond acceptors (Lipinski definition) is 6. The second-order valence-electron chi connectivity index (χ2n) is 5.01. The van der Waals surface area contributed by atoms with Crippen LogP contribution in [0.1, 0.15) is 29.7 Å². The van der Waals surface area contributed by atoms with Crippen molar-refractivity contribution in [2.45, 2.75) is 26.7 Å². The molecule has 0 unspecified atom stereocenters. The van der Waals surface area contributed by atoms with Crippen molar-refractivity contribution in [3.8, 4) is 6.07 Å². The maximum atomic E-state index is 11.5. The van der Waals surface area contributed by atoms with E-state index in [1.807, 2.05) is 18.7 Å². The van der Waals surface area contributed by atoms with Crippen LogP contribution < -0.4 is 4.90 Å². The lowest BCUT2D eigenvalue weighted by Gasteiger charge is -2.31. The molecule has 0 atom stereocenters. The van der Waals surface area contributed by atoms with Crippen LogP contribution in [0, 0.1) is 31.1 Å². The van der Waals surface area contributed by atoms with Crippen LogP contribution in [0.15, 0.2) is 0 Å². The fourth-order valence-electron chi connectivity index (χ4n) is 2.44. The van der Waals surface area contributed by atoms with Crippen molar-refractivity contribution in [2.75, 3.05) is 25.1 Å². The third-order valence-corrected chi connectivity index (χ3v) is 3.88. The van der Waals surface area contributed by atoms with Crippen LogP contribution in [-0.4, -0.2) is 36.4 Å². The highest BCUT2D eigenvalue weighted by molar-refractivity contribution is 5.72. The Morgan fingerprint density at radius 2 is 2.00 bits per heavy atom. The summed E-state index contributed by atoms with van der Waals surface area (Å²) in [6.45, 7) is 5.10. The number of rotatable bonds is 2. The van der Waals surface area contributed by atoms with E-state index in [0.717, 1.165) is 11.3 Å². The van der Waals surface area contributed by atoms with E-state index >= 15 is 0 Å². The van der Waals surface area contributed by atoms with Crippen molar-refractivity contribution >= 4 is 11.8 Å². The van der Waals surface area contributed by atoms with Gasteiger partial charge in [-0.05, 0) is 32.3 Å². The zero-order valence-corrected chi connectivity index (χ0v) is 12.0. The lowest BCUT2D eigenvalue weighted by molar-refractivity contribution is -0.146. The first-order valence-electron chi connectivity index (χ1n) is 6.65. The molecule has 106 valence electrons. The summed E-state index contributed by atoms with van der Waals surface area (Å²) in [5, 5.41) is 17.6. The van der Waals surface area contributed by atoms with Crippen LogP contribution >= 0.6 is 0 Å². The minimum absolute atomic E-state index is 0.0544. The molecule has 2 rings (SSSR count). The van der Waals surface area contributed by atoms with Gasteiger partial charge in [0.1, 0.15) is 11.6 Å². The number of carbonyl (C=O) groups excluding carboxylic acids is 1.